The van der Waals surface area contributed by atoms with E-state index in [1.54, 1.807) is 37.4 Å². The molecule has 0 aromatic heterocycles. The lowest BCUT2D eigenvalue weighted by Crippen LogP contribution is -2.36. The Morgan fingerprint density at radius 3 is 2.23 bits per heavy atom. The highest BCUT2D eigenvalue weighted by molar-refractivity contribution is 7.98. The van der Waals surface area contributed by atoms with Crippen LogP contribution in [-0.4, -0.2) is 54.1 Å². The number of aryl methyl sites for hydroxylation is 3. The minimum Gasteiger partial charge on any atom is -0.480 e. The summed E-state index contributed by atoms with van der Waals surface area (Å²) in [5.41, 5.74) is 2.90. The van der Waals surface area contributed by atoms with Crippen LogP contribution in [0.5, 0.6) is 5.75 Å². The number of ketones is 2. The summed E-state index contributed by atoms with van der Waals surface area (Å²) in [7, 11) is 0. The van der Waals surface area contributed by atoms with Crippen molar-refractivity contribution in [3.05, 3.63) is 58.7 Å². The third-order valence-corrected chi connectivity index (χ3v) is 8.60. The standard InChI is InChI=1S/C33H45NO5S/c1-21(2)15-16-38-32(37)34-19-27(29(20-34)30(36)26-11-13-28(40-8)14-12-26)10-9-25-17-22(3)31(23(4)18-25)39-33(6,7)24(5)35/h11-14,17-18,21,27,29H,9-10,15-16,19-20H2,1-8H3/t27-,29-/m1/s1. The van der Waals surface area contributed by atoms with E-state index in [9.17, 15) is 14.4 Å². The maximum absolute atomic E-state index is 13.7. The number of thioether (sulfide) groups is 1. The molecule has 2 aromatic carbocycles. The molecular formula is C33H45NO5S. The van der Waals surface area contributed by atoms with Gasteiger partial charge in [-0.1, -0.05) is 38.1 Å². The average molecular weight is 568 g/mol. The Kier molecular flexibility index (Phi) is 10.9. The largest absolute Gasteiger partial charge is 0.480 e. The zero-order valence-electron chi connectivity index (χ0n) is 25.3. The number of hydrogen-bond acceptors (Lipinski definition) is 6. The Morgan fingerprint density at radius 1 is 1.05 bits per heavy atom. The second-order valence-electron chi connectivity index (χ2n) is 11.9. The van der Waals surface area contributed by atoms with Gasteiger partial charge in [0.15, 0.2) is 17.2 Å². The van der Waals surface area contributed by atoms with Crippen molar-refractivity contribution in [2.75, 3.05) is 26.0 Å². The van der Waals surface area contributed by atoms with E-state index in [0.29, 0.717) is 31.2 Å². The first-order chi connectivity index (χ1) is 18.8. The van der Waals surface area contributed by atoms with E-state index in [-0.39, 0.29) is 29.5 Å². The molecule has 0 spiro atoms. The van der Waals surface area contributed by atoms with Gasteiger partial charge in [0.2, 0.25) is 0 Å². The molecule has 0 saturated carbocycles. The number of nitrogens with zero attached hydrogens (tertiary/aromatic N) is 1. The van der Waals surface area contributed by atoms with Gasteiger partial charge in [0, 0.05) is 29.5 Å². The van der Waals surface area contributed by atoms with Gasteiger partial charge in [-0.15, -0.1) is 11.8 Å². The van der Waals surface area contributed by atoms with Crippen molar-refractivity contribution in [2.24, 2.45) is 17.8 Å². The number of rotatable bonds is 12. The molecule has 0 unspecified atom stereocenters. The Bertz CT molecular complexity index is 1180. The van der Waals surface area contributed by atoms with Crippen LogP contribution < -0.4 is 4.74 Å². The fourth-order valence-electron chi connectivity index (χ4n) is 5.08. The van der Waals surface area contributed by atoms with E-state index in [1.807, 2.05) is 44.4 Å². The van der Waals surface area contributed by atoms with Crippen molar-refractivity contribution < 1.29 is 23.9 Å². The quantitative estimate of drug-likeness (QED) is 0.198. The molecule has 1 saturated heterocycles. The summed E-state index contributed by atoms with van der Waals surface area (Å²) in [4.78, 5) is 41.3. The van der Waals surface area contributed by atoms with Gasteiger partial charge >= 0.3 is 6.09 Å². The van der Waals surface area contributed by atoms with E-state index in [1.165, 1.54) is 0 Å². The Hall–Kier alpha value is -2.80. The minimum absolute atomic E-state index is 0.0253. The van der Waals surface area contributed by atoms with Crippen LogP contribution in [-0.2, 0) is 16.0 Å². The molecule has 7 heteroatoms. The molecule has 3 rings (SSSR count). The summed E-state index contributed by atoms with van der Waals surface area (Å²) >= 11 is 1.64. The molecule has 0 bridgehead atoms. The van der Waals surface area contributed by atoms with E-state index < -0.39 is 5.60 Å². The number of carbonyl (C=O) groups is 3. The van der Waals surface area contributed by atoms with Gasteiger partial charge in [0.1, 0.15) is 5.75 Å². The average Bonchev–Trinajstić information content (AvgIpc) is 3.33. The monoisotopic (exact) mass is 567 g/mol. The zero-order valence-corrected chi connectivity index (χ0v) is 26.2. The molecule has 1 heterocycles. The van der Waals surface area contributed by atoms with Gasteiger partial charge in [0.05, 0.1) is 6.61 Å². The van der Waals surface area contributed by atoms with Crippen LogP contribution in [0.25, 0.3) is 0 Å². The summed E-state index contributed by atoms with van der Waals surface area (Å²) < 4.78 is 11.7. The van der Waals surface area contributed by atoms with Crippen LogP contribution in [0.2, 0.25) is 0 Å². The first kappa shape index (κ1) is 31.7. The smallest absolute Gasteiger partial charge is 0.409 e. The first-order valence-electron chi connectivity index (χ1n) is 14.2. The summed E-state index contributed by atoms with van der Waals surface area (Å²) in [5.74, 6) is 0.995. The predicted octanol–water partition coefficient (Wildman–Crippen LogP) is 7.32. The first-order valence-corrected chi connectivity index (χ1v) is 15.4. The van der Waals surface area contributed by atoms with Gasteiger partial charge in [-0.2, -0.15) is 0 Å². The number of amides is 1. The number of carbonyl (C=O) groups excluding carboxylic acids is 3. The SMILES string of the molecule is CSc1ccc(C(=O)[C@@H]2CN(C(=O)OCCC(C)C)C[C@H]2CCc2cc(C)c(OC(C)(C)C(C)=O)c(C)c2)cc1. The van der Waals surface area contributed by atoms with Crippen molar-refractivity contribution >= 4 is 29.4 Å². The molecule has 0 N–H and O–H groups in total. The van der Waals surface area contributed by atoms with Gasteiger partial charge in [0.25, 0.3) is 0 Å². The number of benzene rings is 2. The zero-order chi connectivity index (χ0) is 29.6. The van der Waals surface area contributed by atoms with Crippen molar-refractivity contribution in [1.29, 1.82) is 0 Å². The number of likely N-dealkylation sites (tertiary alicyclic amines) is 1. The second kappa shape index (κ2) is 13.7. The predicted molar refractivity (Wildman–Crippen MR) is 162 cm³/mol. The van der Waals surface area contributed by atoms with Gasteiger partial charge < -0.3 is 14.4 Å². The van der Waals surface area contributed by atoms with Gasteiger partial charge in [-0.3, -0.25) is 9.59 Å². The summed E-state index contributed by atoms with van der Waals surface area (Å²) in [6.07, 6.45) is 4.04. The molecule has 1 amide bonds. The van der Waals surface area contributed by atoms with Gasteiger partial charge in [-0.05, 0) is 101 Å². The number of Topliss-reactive ketones (excluding diaryl/α,β-unsaturated/α-hetero) is 2. The lowest BCUT2D eigenvalue weighted by Gasteiger charge is -2.26. The van der Waals surface area contributed by atoms with Crippen molar-refractivity contribution in [3.8, 4) is 5.75 Å². The fourth-order valence-corrected chi connectivity index (χ4v) is 5.49. The van der Waals surface area contributed by atoms with E-state index >= 15 is 0 Å². The van der Waals surface area contributed by atoms with E-state index in [0.717, 1.165) is 46.6 Å². The minimum atomic E-state index is -0.893. The maximum Gasteiger partial charge on any atom is 0.409 e. The molecule has 2 aromatic rings. The molecule has 1 fully saturated rings. The maximum atomic E-state index is 13.7. The Morgan fingerprint density at radius 2 is 1.68 bits per heavy atom. The topological polar surface area (TPSA) is 72.9 Å². The summed E-state index contributed by atoms with van der Waals surface area (Å²) in [5, 5.41) is 0. The Labute approximate surface area is 244 Å². The molecule has 40 heavy (non-hydrogen) atoms. The highest BCUT2D eigenvalue weighted by Gasteiger charge is 2.40. The number of hydrogen-bond donors (Lipinski definition) is 0. The van der Waals surface area contributed by atoms with Crippen molar-refractivity contribution in [3.63, 3.8) is 0 Å². The van der Waals surface area contributed by atoms with Crippen LogP contribution in [0.3, 0.4) is 0 Å². The lowest BCUT2D eigenvalue weighted by atomic mass is 9.84. The summed E-state index contributed by atoms with van der Waals surface area (Å²) in [6, 6.07) is 11.9. The molecule has 218 valence electrons. The molecule has 2 atom stereocenters. The lowest BCUT2D eigenvalue weighted by molar-refractivity contribution is -0.129. The molecule has 1 aliphatic rings. The van der Waals surface area contributed by atoms with Crippen LogP contribution >= 0.6 is 11.8 Å². The summed E-state index contributed by atoms with van der Waals surface area (Å²) in [6.45, 7) is 14.6. The third-order valence-electron chi connectivity index (χ3n) is 7.86. The van der Waals surface area contributed by atoms with Crippen LogP contribution in [0, 0.1) is 31.6 Å². The third kappa shape index (κ3) is 8.12. The van der Waals surface area contributed by atoms with Crippen molar-refractivity contribution in [2.45, 2.75) is 78.2 Å². The van der Waals surface area contributed by atoms with Crippen molar-refractivity contribution in [1.82, 2.24) is 4.90 Å². The van der Waals surface area contributed by atoms with Crippen LogP contribution in [0.4, 0.5) is 4.79 Å². The highest BCUT2D eigenvalue weighted by Crippen LogP contribution is 2.34. The molecule has 0 aliphatic carbocycles. The van der Waals surface area contributed by atoms with E-state index in [2.05, 4.69) is 26.0 Å². The van der Waals surface area contributed by atoms with Crippen LogP contribution in [0.15, 0.2) is 41.3 Å². The van der Waals surface area contributed by atoms with E-state index in [4.69, 9.17) is 9.47 Å². The fraction of sp³-hybridized carbons (Fsp3) is 0.545. The second-order valence-corrected chi connectivity index (χ2v) is 12.8. The molecular weight excluding hydrogens is 522 g/mol. The Balaban J connectivity index is 1.77. The normalized spacial score (nSPS) is 17.3. The molecule has 1 aliphatic heterocycles. The number of ether oxygens (including phenoxy) is 2. The molecule has 0 radical (unpaired) electrons. The molecule has 6 nitrogen and oxygen atoms in total. The van der Waals surface area contributed by atoms with Crippen LogP contribution in [0.1, 0.15) is 74.5 Å². The highest BCUT2D eigenvalue weighted by atomic mass is 32.2. The van der Waals surface area contributed by atoms with Gasteiger partial charge in [-0.25, -0.2) is 4.79 Å².